The van der Waals surface area contributed by atoms with Crippen LogP contribution >= 0.6 is 7.44 Å². The number of fused-ring (bicyclic) bond motifs is 1. The van der Waals surface area contributed by atoms with Crippen molar-refractivity contribution in [3.8, 4) is 0 Å². The summed E-state index contributed by atoms with van der Waals surface area (Å²) in [6.07, 6.45) is 2.15. The highest BCUT2D eigenvalue weighted by molar-refractivity contribution is 7.76. The highest BCUT2D eigenvalue weighted by Gasteiger charge is 2.48. The van der Waals surface area contributed by atoms with Gasteiger partial charge in [0.1, 0.15) is 0 Å². The Morgan fingerprint density at radius 2 is 1.10 bits per heavy atom. The van der Waals surface area contributed by atoms with E-state index in [-0.39, 0.29) is 0 Å². The lowest BCUT2D eigenvalue weighted by atomic mass is 10.1. The second-order valence-electron chi connectivity index (χ2n) is 7.74. The van der Waals surface area contributed by atoms with Crippen LogP contribution in [0.5, 0.6) is 0 Å². The molecular formula is C27H25N2OP. The molecule has 1 heterocycles. The Kier molecular flexibility index (Phi) is 5.13. The summed E-state index contributed by atoms with van der Waals surface area (Å²) in [5.74, 6) is 0. The summed E-state index contributed by atoms with van der Waals surface area (Å²) in [5, 5.41) is 0.813. The number of aryl methyl sites for hydroxylation is 1. The molecule has 1 atom stereocenters. The molecular weight excluding hydrogens is 399 g/mol. The maximum atomic E-state index is 15.2. The number of nitrogens with zero attached hydrogens (tertiary/aromatic N) is 2. The van der Waals surface area contributed by atoms with Crippen LogP contribution in [0.25, 0.3) is 0 Å². The summed E-state index contributed by atoms with van der Waals surface area (Å²) in [4.78, 5) is 0. The topological polar surface area (TPSA) is 23.6 Å². The summed E-state index contributed by atoms with van der Waals surface area (Å²) in [6, 6.07) is 36.5. The van der Waals surface area contributed by atoms with Gasteiger partial charge in [-0.2, -0.15) is 0 Å². The molecule has 4 heteroatoms. The summed E-state index contributed by atoms with van der Waals surface area (Å²) in [5.41, 5.74) is 5.08. The zero-order chi connectivity index (χ0) is 21.3. The van der Waals surface area contributed by atoms with Gasteiger partial charge in [-0.25, -0.2) is 0 Å². The third kappa shape index (κ3) is 3.26. The predicted octanol–water partition coefficient (Wildman–Crippen LogP) is 7.45. The molecule has 0 N–H and O–H groups in total. The van der Waals surface area contributed by atoms with Gasteiger partial charge in [0.15, 0.2) is 0 Å². The summed E-state index contributed by atoms with van der Waals surface area (Å²) in [7, 11) is -3.23. The fraction of sp³-hybridized carbons (Fsp3) is 0.111. The molecule has 0 amide bonds. The lowest BCUT2D eigenvalue weighted by Crippen LogP contribution is -2.26. The minimum Gasteiger partial charge on any atom is -0.270 e. The molecule has 3 nitrogen and oxygen atoms in total. The first-order valence-electron chi connectivity index (χ1n) is 10.7. The predicted molar refractivity (Wildman–Crippen MR) is 131 cm³/mol. The molecule has 0 saturated carbocycles. The molecule has 1 unspecified atom stereocenters. The van der Waals surface area contributed by atoms with Crippen molar-refractivity contribution in [2.45, 2.75) is 19.8 Å². The molecule has 0 aromatic heterocycles. The van der Waals surface area contributed by atoms with Crippen molar-refractivity contribution in [3.05, 3.63) is 115 Å². The fourth-order valence-electron chi connectivity index (χ4n) is 4.31. The molecule has 154 valence electrons. The van der Waals surface area contributed by atoms with Crippen LogP contribution in [0.1, 0.15) is 18.9 Å². The largest absolute Gasteiger partial charge is 0.301 e. The van der Waals surface area contributed by atoms with Gasteiger partial charge < -0.3 is 0 Å². The molecule has 1 aliphatic heterocycles. The lowest BCUT2D eigenvalue weighted by Gasteiger charge is -2.33. The van der Waals surface area contributed by atoms with Gasteiger partial charge in [-0.1, -0.05) is 74.0 Å². The molecule has 5 rings (SSSR count). The van der Waals surface area contributed by atoms with E-state index >= 15 is 4.57 Å². The Labute approximate surface area is 184 Å². The SMILES string of the molecule is CCCc1ccc(N2c3ccccc3N(c3ccccc3)P2(=O)c2ccccc2)cc1. The molecule has 0 radical (unpaired) electrons. The van der Waals surface area contributed by atoms with Crippen LogP contribution in [0.15, 0.2) is 109 Å². The zero-order valence-electron chi connectivity index (χ0n) is 17.6. The van der Waals surface area contributed by atoms with E-state index in [1.807, 2.05) is 82.1 Å². The Morgan fingerprint density at radius 3 is 1.65 bits per heavy atom. The van der Waals surface area contributed by atoms with Crippen molar-refractivity contribution in [1.29, 1.82) is 0 Å². The Bertz CT molecular complexity index is 1220. The van der Waals surface area contributed by atoms with E-state index in [2.05, 4.69) is 43.3 Å². The molecule has 1 aliphatic rings. The smallest absolute Gasteiger partial charge is 0.270 e. The van der Waals surface area contributed by atoms with Crippen LogP contribution < -0.4 is 14.6 Å². The van der Waals surface area contributed by atoms with Crippen LogP contribution in [0.2, 0.25) is 0 Å². The first kappa shape index (κ1) is 19.7. The monoisotopic (exact) mass is 424 g/mol. The molecule has 4 aromatic rings. The quantitative estimate of drug-likeness (QED) is 0.311. The third-order valence-electron chi connectivity index (χ3n) is 5.69. The minimum atomic E-state index is -3.23. The molecule has 0 spiro atoms. The average Bonchev–Trinajstić information content (AvgIpc) is 3.10. The highest BCUT2D eigenvalue weighted by Crippen LogP contribution is 2.69. The van der Waals surface area contributed by atoms with Crippen molar-refractivity contribution in [2.75, 3.05) is 9.34 Å². The van der Waals surface area contributed by atoms with Crippen molar-refractivity contribution in [1.82, 2.24) is 0 Å². The summed E-state index contributed by atoms with van der Waals surface area (Å²) in [6.45, 7) is 2.19. The van der Waals surface area contributed by atoms with Gasteiger partial charge in [-0.05, 0) is 60.5 Å². The van der Waals surface area contributed by atoms with Crippen molar-refractivity contribution in [3.63, 3.8) is 0 Å². The summed E-state index contributed by atoms with van der Waals surface area (Å²) < 4.78 is 19.3. The zero-order valence-corrected chi connectivity index (χ0v) is 18.5. The molecule has 0 fully saturated rings. The molecule has 0 saturated heterocycles. The van der Waals surface area contributed by atoms with Crippen molar-refractivity contribution in [2.24, 2.45) is 0 Å². The van der Waals surface area contributed by atoms with E-state index in [0.29, 0.717) is 0 Å². The number of benzene rings is 4. The second-order valence-corrected chi connectivity index (χ2v) is 10.1. The van der Waals surface area contributed by atoms with E-state index < -0.39 is 7.44 Å². The first-order valence-corrected chi connectivity index (χ1v) is 12.3. The van der Waals surface area contributed by atoms with Gasteiger partial charge in [0.05, 0.1) is 16.7 Å². The van der Waals surface area contributed by atoms with Crippen LogP contribution in [0, 0.1) is 0 Å². The number of rotatable bonds is 5. The maximum absolute atomic E-state index is 15.2. The third-order valence-corrected chi connectivity index (χ3v) is 8.64. The van der Waals surface area contributed by atoms with E-state index in [4.69, 9.17) is 0 Å². The van der Waals surface area contributed by atoms with E-state index in [1.54, 1.807) is 0 Å². The van der Waals surface area contributed by atoms with Gasteiger partial charge in [0, 0.05) is 11.4 Å². The van der Waals surface area contributed by atoms with Gasteiger partial charge in [-0.15, -0.1) is 0 Å². The van der Waals surface area contributed by atoms with Crippen molar-refractivity contribution < 1.29 is 4.57 Å². The molecule has 0 bridgehead atoms. The second kappa shape index (κ2) is 8.09. The Hall–Kier alpha value is -3.29. The van der Waals surface area contributed by atoms with Crippen LogP contribution in [-0.2, 0) is 11.0 Å². The fourth-order valence-corrected chi connectivity index (χ4v) is 7.33. The standard InChI is InChI=1S/C27H25N2OP/c1-2-11-22-18-20-24(21-19-22)29-27-17-10-9-16-26(27)28(23-12-5-3-6-13-23)31(29,30)25-14-7-4-8-15-25/h3-10,12-21H,2,11H2,1H3. The number of para-hydroxylation sites is 3. The van der Waals surface area contributed by atoms with Gasteiger partial charge in [0.25, 0.3) is 0 Å². The van der Waals surface area contributed by atoms with E-state index in [1.165, 1.54) is 5.56 Å². The van der Waals surface area contributed by atoms with Gasteiger partial charge in [-0.3, -0.25) is 13.9 Å². The van der Waals surface area contributed by atoms with Crippen LogP contribution in [0.3, 0.4) is 0 Å². The van der Waals surface area contributed by atoms with Gasteiger partial charge >= 0.3 is 7.44 Å². The average molecular weight is 424 g/mol. The normalized spacial score (nSPS) is 17.6. The van der Waals surface area contributed by atoms with Crippen molar-refractivity contribution >= 4 is 35.5 Å². The first-order chi connectivity index (χ1) is 15.2. The Morgan fingerprint density at radius 1 is 0.613 bits per heavy atom. The maximum Gasteiger partial charge on any atom is 0.301 e. The van der Waals surface area contributed by atoms with Gasteiger partial charge in [0.2, 0.25) is 0 Å². The van der Waals surface area contributed by atoms with Crippen LogP contribution in [0.4, 0.5) is 22.7 Å². The lowest BCUT2D eigenvalue weighted by molar-refractivity contribution is 0.582. The molecule has 31 heavy (non-hydrogen) atoms. The Balaban J connectivity index is 1.76. The number of anilines is 4. The molecule has 4 aromatic carbocycles. The summed E-state index contributed by atoms with van der Waals surface area (Å²) >= 11 is 0. The number of hydrogen-bond acceptors (Lipinski definition) is 1. The number of hydrogen-bond donors (Lipinski definition) is 0. The van der Waals surface area contributed by atoms with E-state index in [9.17, 15) is 0 Å². The highest BCUT2D eigenvalue weighted by atomic mass is 31.2. The van der Waals surface area contributed by atoms with E-state index in [0.717, 1.165) is 40.9 Å². The minimum absolute atomic E-state index is 0.813. The van der Waals surface area contributed by atoms with Crippen LogP contribution in [-0.4, -0.2) is 0 Å². The molecule has 0 aliphatic carbocycles.